The molecule has 0 atom stereocenters. The Balaban J connectivity index is 1.60. The number of halogens is 1. The van der Waals surface area contributed by atoms with Crippen molar-refractivity contribution in [3.05, 3.63) is 51.7 Å². The Morgan fingerprint density at radius 2 is 1.92 bits per heavy atom. The van der Waals surface area contributed by atoms with Crippen molar-refractivity contribution in [2.45, 2.75) is 31.2 Å². The predicted octanol–water partition coefficient (Wildman–Crippen LogP) is 2.88. The van der Waals surface area contributed by atoms with Gasteiger partial charge in [-0.2, -0.15) is 11.8 Å². The summed E-state index contributed by atoms with van der Waals surface area (Å²) in [5, 5.41) is 14.9. The number of aromatic nitrogens is 1. The second kappa shape index (κ2) is 8.18. The molecule has 1 amide bonds. The third-order valence-corrected chi connectivity index (χ3v) is 6.23. The Bertz CT molecular complexity index is 786. The third kappa shape index (κ3) is 4.62. The van der Waals surface area contributed by atoms with Crippen LogP contribution in [0.4, 0.5) is 4.39 Å². The van der Waals surface area contributed by atoms with Gasteiger partial charge in [-0.1, -0.05) is 12.1 Å². The first-order chi connectivity index (χ1) is 12.5. The third-order valence-electron chi connectivity index (χ3n) is 4.34. The van der Waals surface area contributed by atoms with Crippen molar-refractivity contribution in [1.29, 1.82) is 0 Å². The summed E-state index contributed by atoms with van der Waals surface area (Å²) in [7, 11) is 0. The van der Waals surface area contributed by atoms with E-state index in [4.69, 9.17) is 0 Å². The Morgan fingerprint density at radius 1 is 1.23 bits per heavy atom. The number of hydrogen-bond acceptors (Lipinski definition) is 5. The molecule has 2 N–H and O–H groups in total. The van der Waals surface area contributed by atoms with Crippen LogP contribution >= 0.6 is 23.1 Å². The number of rotatable bonds is 6. The zero-order valence-electron chi connectivity index (χ0n) is 14.0. The lowest BCUT2D eigenvalue weighted by molar-refractivity contribution is -0.148. The molecule has 1 aromatic heterocycles. The lowest BCUT2D eigenvalue weighted by Crippen LogP contribution is -2.56. The number of carbonyl (C=O) groups excluding carboxylic acids is 1. The molecule has 0 bridgehead atoms. The quantitative estimate of drug-likeness (QED) is 0.788. The van der Waals surface area contributed by atoms with Crippen molar-refractivity contribution in [3.63, 3.8) is 0 Å². The highest BCUT2D eigenvalue weighted by atomic mass is 32.2. The number of amides is 1. The molecule has 3 rings (SSSR count). The van der Waals surface area contributed by atoms with E-state index in [9.17, 15) is 19.1 Å². The average molecular weight is 394 g/mol. The first-order valence-electron chi connectivity index (χ1n) is 8.27. The molecule has 1 aliphatic rings. The van der Waals surface area contributed by atoms with E-state index in [-0.39, 0.29) is 18.1 Å². The number of thiazole rings is 1. The molecular formula is C18H19FN2O3S2. The highest BCUT2D eigenvalue weighted by Crippen LogP contribution is 2.27. The molecule has 0 unspecified atom stereocenters. The lowest BCUT2D eigenvalue weighted by Gasteiger charge is -2.33. The maximum absolute atomic E-state index is 13.0. The largest absolute Gasteiger partial charge is 0.480 e. The van der Waals surface area contributed by atoms with Gasteiger partial charge in [0.05, 0.1) is 17.1 Å². The van der Waals surface area contributed by atoms with Gasteiger partial charge in [0.25, 0.3) is 0 Å². The van der Waals surface area contributed by atoms with Crippen molar-refractivity contribution < 1.29 is 19.1 Å². The first-order valence-corrected chi connectivity index (χ1v) is 10.3. The summed E-state index contributed by atoms with van der Waals surface area (Å²) in [5.74, 6) is -0.117. The van der Waals surface area contributed by atoms with E-state index in [1.165, 1.54) is 23.5 Å². The van der Waals surface area contributed by atoms with Gasteiger partial charge in [-0.3, -0.25) is 4.79 Å². The van der Waals surface area contributed by atoms with Crippen molar-refractivity contribution in [2.75, 3.05) is 11.5 Å². The molecule has 8 heteroatoms. The fourth-order valence-corrected chi connectivity index (χ4v) is 4.89. The van der Waals surface area contributed by atoms with Gasteiger partial charge in [-0.15, -0.1) is 11.3 Å². The summed E-state index contributed by atoms with van der Waals surface area (Å²) in [6.45, 7) is 0. The summed E-state index contributed by atoms with van der Waals surface area (Å²) >= 11 is 3.14. The number of nitrogens with zero attached hydrogens (tertiary/aromatic N) is 1. The van der Waals surface area contributed by atoms with Crippen LogP contribution in [0, 0.1) is 5.82 Å². The van der Waals surface area contributed by atoms with Gasteiger partial charge in [0, 0.05) is 11.8 Å². The van der Waals surface area contributed by atoms with E-state index >= 15 is 0 Å². The SMILES string of the molecule is O=C(Cc1csc(Cc2ccc(F)cc2)n1)NC1(C(=O)O)CCSCC1. The number of carboxylic acid groups (broad SMARTS) is 1. The highest BCUT2D eigenvalue weighted by Gasteiger charge is 2.41. The average Bonchev–Trinajstić information content (AvgIpc) is 3.04. The maximum atomic E-state index is 13.0. The van der Waals surface area contributed by atoms with E-state index in [1.807, 2.05) is 5.38 Å². The van der Waals surface area contributed by atoms with Crippen molar-refractivity contribution in [1.82, 2.24) is 10.3 Å². The number of carboxylic acids is 1. The van der Waals surface area contributed by atoms with E-state index in [0.717, 1.165) is 22.1 Å². The van der Waals surface area contributed by atoms with Gasteiger partial charge in [-0.05, 0) is 42.0 Å². The second-order valence-electron chi connectivity index (χ2n) is 6.26. The zero-order valence-corrected chi connectivity index (χ0v) is 15.7. The van der Waals surface area contributed by atoms with Crippen LogP contribution in [0.2, 0.25) is 0 Å². The van der Waals surface area contributed by atoms with Gasteiger partial charge >= 0.3 is 5.97 Å². The van der Waals surface area contributed by atoms with Gasteiger partial charge in [0.2, 0.25) is 5.91 Å². The van der Waals surface area contributed by atoms with Crippen LogP contribution in [0.5, 0.6) is 0 Å². The van der Waals surface area contributed by atoms with E-state index in [1.54, 1.807) is 23.9 Å². The molecule has 2 heterocycles. The molecule has 1 fully saturated rings. The summed E-state index contributed by atoms with van der Waals surface area (Å²) in [5.41, 5.74) is 0.409. The van der Waals surface area contributed by atoms with Crippen LogP contribution in [0.1, 0.15) is 29.1 Å². The fourth-order valence-electron chi connectivity index (χ4n) is 2.88. The molecule has 2 aromatic rings. The molecule has 1 saturated heterocycles. The number of thioether (sulfide) groups is 1. The van der Waals surface area contributed by atoms with Crippen LogP contribution in [0.15, 0.2) is 29.6 Å². The minimum absolute atomic E-state index is 0.0576. The zero-order chi connectivity index (χ0) is 18.6. The molecule has 5 nitrogen and oxygen atoms in total. The van der Waals surface area contributed by atoms with Crippen LogP contribution < -0.4 is 5.32 Å². The van der Waals surface area contributed by atoms with E-state index in [0.29, 0.717) is 25.0 Å². The first kappa shape index (κ1) is 18.8. The molecule has 0 aliphatic carbocycles. The topological polar surface area (TPSA) is 79.3 Å². The van der Waals surface area contributed by atoms with Crippen molar-refractivity contribution in [2.24, 2.45) is 0 Å². The Kier molecular flexibility index (Phi) is 5.93. The number of benzene rings is 1. The minimum atomic E-state index is -1.16. The van der Waals surface area contributed by atoms with Crippen LogP contribution in [-0.4, -0.2) is 39.0 Å². The molecule has 0 spiro atoms. The Hall–Kier alpha value is -1.93. The molecule has 0 saturated carbocycles. The molecule has 1 aliphatic heterocycles. The smallest absolute Gasteiger partial charge is 0.329 e. The van der Waals surface area contributed by atoms with Crippen molar-refractivity contribution in [3.8, 4) is 0 Å². The second-order valence-corrected chi connectivity index (χ2v) is 8.43. The summed E-state index contributed by atoms with van der Waals surface area (Å²) < 4.78 is 13.0. The summed E-state index contributed by atoms with van der Waals surface area (Å²) in [6, 6.07) is 6.23. The van der Waals surface area contributed by atoms with E-state index < -0.39 is 11.5 Å². The number of nitrogens with one attached hydrogen (secondary N) is 1. The molecular weight excluding hydrogens is 375 g/mol. The molecule has 138 valence electrons. The normalized spacial score (nSPS) is 16.2. The van der Waals surface area contributed by atoms with E-state index in [2.05, 4.69) is 10.3 Å². The summed E-state index contributed by atoms with van der Waals surface area (Å²) in [6.07, 6.45) is 1.50. The highest BCUT2D eigenvalue weighted by molar-refractivity contribution is 7.99. The van der Waals surface area contributed by atoms with Crippen molar-refractivity contribution >= 4 is 35.0 Å². The Morgan fingerprint density at radius 3 is 2.58 bits per heavy atom. The fraction of sp³-hybridized carbons (Fsp3) is 0.389. The van der Waals surface area contributed by atoms with Gasteiger partial charge in [0.15, 0.2) is 0 Å². The predicted molar refractivity (Wildman–Crippen MR) is 100 cm³/mol. The maximum Gasteiger partial charge on any atom is 0.329 e. The molecule has 26 heavy (non-hydrogen) atoms. The summed E-state index contributed by atoms with van der Waals surface area (Å²) in [4.78, 5) is 28.4. The minimum Gasteiger partial charge on any atom is -0.480 e. The van der Waals surface area contributed by atoms with Crippen LogP contribution in [-0.2, 0) is 22.4 Å². The van der Waals surface area contributed by atoms with Gasteiger partial charge < -0.3 is 10.4 Å². The molecule has 0 radical (unpaired) electrons. The number of hydrogen-bond donors (Lipinski definition) is 2. The standard InChI is InChI=1S/C18H19FN2O3S2/c19-13-3-1-12(2-4-13)9-16-20-14(11-26-16)10-15(22)21-18(17(23)24)5-7-25-8-6-18/h1-4,11H,5-10H2,(H,21,22)(H,23,24). The van der Waals surface area contributed by atoms with Crippen LogP contribution in [0.25, 0.3) is 0 Å². The molecule has 1 aromatic carbocycles. The monoisotopic (exact) mass is 394 g/mol. The van der Waals surface area contributed by atoms with Crippen LogP contribution in [0.3, 0.4) is 0 Å². The van der Waals surface area contributed by atoms with Gasteiger partial charge in [-0.25, -0.2) is 14.2 Å². The lowest BCUT2D eigenvalue weighted by atomic mass is 9.92. The van der Waals surface area contributed by atoms with Gasteiger partial charge in [0.1, 0.15) is 11.4 Å². The Labute approximate surface area is 159 Å². The number of carbonyl (C=O) groups is 2. The number of aliphatic carboxylic acids is 1.